The first-order valence-electron chi connectivity index (χ1n) is 12.4. The van der Waals surface area contributed by atoms with Crippen molar-refractivity contribution in [3.8, 4) is 0 Å². The molecule has 2 bridgehead atoms. The van der Waals surface area contributed by atoms with Gasteiger partial charge in [-0.1, -0.05) is 19.1 Å². The Hall–Kier alpha value is -2.64. The zero-order valence-corrected chi connectivity index (χ0v) is 19.5. The maximum absolute atomic E-state index is 13.0. The number of fused-ring (bicyclic) bond motifs is 4. The highest BCUT2D eigenvalue weighted by molar-refractivity contribution is 5.97. The van der Waals surface area contributed by atoms with E-state index in [9.17, 15) is 9.59 Å². The lowest BCUT2D eigenvalue weighted by Crippen LogP contribution is -2.39. The van der Waals surface area contributed by atoms with Crippen molar-refractivity contribution >= 4 is 23.0 Å². The van der Waals surface area contributed by atoms with Gasteiger partial charge in [-0.05, 0) is 61.6 Å². The van der Waals surface area contributed by atoms with E-state index in [2.05, 4.69) is 29.3 Å². The van der Waals surface area contributed by atoms with E-state index in [0.29, 0.717) is 61.6 Å². The average Bonchev–Trinajstić information content (AvgIpc) is 3.53. The van der Waals surface area contributed by atoms with Crippen LogP contribution in [0.4, 0.5) is 4.79 Å². The molecule has 33 heavy (non-hydrogen) atoms. The zero-order valence-electron chi connectivity index (χ0n) is 19.5. The number of aromatic nitrogens is 3. The molecule has 2 aliphatic carbocycles. The molecule has 8 heteroatoms. The zero-order chi connectivity index (χ0) is 22.7. The molecule has 2 amide bonds. The Labute approximate surface area is 194 Å². The number of ether oxygens (including phenoxy) is 1. The minimum Gasteiger partial charge on any atom is -0.449 e. The first-order valence-corrected chi connectivity index (χ1v) is 12.4. The molecule has 1 aromatic heterocycles. The maximum atomic E-state index is 13.0. The highest BCUT2D eigenvalue weighted by Crippen LogP contribution is 2.56. The maximum Gasteiger partial charge on any atom is 0.409 e. The number of aromatic amines is 1. The van der Waals surface area contributed by atoms with Crippen LogP contribution in [-0.4, -0.2) is 70.0 Å². The van der Waals surface area contributed by atoms with Crippen molar-refractivity contribution in [3.05, 3.63) is 23.8 Å². The van der Waals surface area contributed by atoms with Crippen molar-refractivity contribution < 1.29 is 14.3 Å². The van der Waals surface area contributed by atoms with Gasteiger partial charge in [0.25, 0.3) is 5.91 Å². The molecule has 2 aromatic rings. The molecule has 0 spiro atoms. The summed E-state index contributed by atoms with van der Waals surface area (Å²) >= 11 is 0. The topological polar surface area (TPSA) is 91.4 Å². The van der Waals surface area contributed by atoms with Crippen LogP contribution < -0.4 is 0 Å². The molecule has 8 nitrogen and oxygen atoms in total. The molecule has 4 fully saturated rings. The van der Waals surface area contributed by atoms with Crippen molar-refractivity contribution in [3.63, 3.8) is 0 Å². The lowest BCUT2D eigenvalue weighted by atomic mass is 9.69. The van der Waals surface area contributed by atoms with Crippen molar-refractivity contribution in [2.75, 3.05) is 32.8 Å². The second-order valence-electron chi connectivity index (χ2n) is 11.3. The molecule has 4 unspecified atom stereocenters. The number of rotatable bonds is 3. The first kappa shape index (κ1) is 20.9. The fraction of sp³-hybridized carbons (Fsp3) is 0.680. The fourth-order valence-corrected chi connectivity index (χ4v) is 7.44. The van der Waals surface area contributed by atoms with E-state index in [1.807, 2.05) is 21.9 Å². The number of amides is 2. The van der Waals surface area contributed by atoms with Gasteiger partial charge in [-0.15, -0.1) is 5.10 Å². The van der Waals surface area contributed by atoms with Crippen LogP contribution in [0.5, 0.6) is 0 Å². The second kappa shape index (κ2) is 7.71. The van der Waals surface area contributed by atoms with Crippen LogP contribution in [0.25, 0.3) is 11.0 Å². The fourth-order valence-electron chi connectivity index (χ4n) is 7.44. The number of benzene rings is 1. The average molecular weight is 452 g/mol. The van der Waals surface area contributed by atoms with E-state index >= 15 is 0 Å². The molecule has 4 aliphatic rings. The smallest absolute Gasteiger partial charge is 0.409 e. The Kier molecular flexibility index (Phi) is 4.89. The number of likely N-dealkylation sites (tertiary alicyclic amines) is 2. The third kappa shape index (κ3) is 3.58. The van der Waals surface area contributed by atoms with Crippen molar-refractivity contribution in [2.45, 2.75) is 39.5 Å². The summed E-state index contributed by atoms with van der Waals surface area (Å²) < 4.78 is 5.94. The number of hydrogen-bond acceptors (Lipinski definition) is 5. The lowest BCUT2D eigenvalue weighted by Gasteiger charge is -2.39. The van der Waals surface area contributed by atoms with E-state index in [4.69, 9.17) is 4.74 Å². The number of carbonyl (C=O) groups excluding carboxylic acids is 2. The van der Waals surface area contributed by atoms with Crippen molar-refractivity contribution in [1.82, 2.24) is 25.2 Å². The molecule has 1 N–H and O–H groups in total. The normalized spacial score (nSPS) is 35.3. The SMILES string of the molecule is CC1CC2CC(C)C(COC(=O)N3C[C@@H]4CN(C(=O)c5ccc6[nH]nnc6c5)C[C@@H]4C3)(C1)C2. The van der Waals surface area contributed by atoms with Crippen LogP contribution in [0, 0.1) is 35.0 Å². The van der Waals surface area contributed by atoms with Gasteiger partial charge >= 0.3 is 6.09 Å². The van der Waals surface area contributed by atoms with E-state index in [-0.39, 0.29) is 17.4 Å². The van der Waals surface area contributed by atoms with Crippen LogP contribution in [0.1, 0.15) is 49.9 Å². The summed E-state index contributed by atoms with van der Waals surface area (Å²) in [6.45, 7) is 7.98. The van der Waals surface area contributed by atoms with Gasteiger partial charge in [-0.2, -0.15) is 0 Å². The Morgan fingerprint density at radius 2 is 1.85 bits per heavy atom. The number of nitrogens with zero attached hydrogens (tertiary/aromatic N) is 4. The minimum absolute atomic E-state index is 0.0266. The molecule has 0 radical (unpaired) electrons. The number of H-pyrrole nitrogens is 1. The van der Waals surface area contributed by atoms with Gasteiger partial charge in [0.05, 0.1) is 12.1 Å². The Morgan fingerprint density at radius 3 is 2.64 bits per heavy atom. The summed E-state index contributed by atoms with van der Waals surface area (Å²) in [5.41, 5.74) is 2.34. The second-order valence-corrected chi connectivity index (χ2v) is 11.3. The molecule has 176 valence electrons. The third-order valence-corrected chi connectivity index (χ3v) is 9.01. The molecular weight excluding hydrogens is 418 g/mol. The van der Waals surface area contributed by atoms with Crippen LogP contribution >= 0.6 is 0 Å². The first-order chi connectivity index (χ1) is 15.9. The molecule has 2 saturated carbocycles. The third-order valence-electron chi connectivity index (χ3n) is 9.01. The van der Waals surface area contributed by atoms with Gasteiger partial charge in [0.15, 0.2) is 0 Å². The predicted molar refractivity (Wildman–Crippen MR) is 122 cm³/mol. The van der Waals surface area contributed by atoms with E-state index < -0.39 is 0 Å². The van der Waals surface area contributed by atoms with Crippen molar-refractivity contribution in [2.24, 2.45) is 35.0 Å². The highest BCUT2D eigenvalue weighted by Gasteiger charge is 2.50. The van der Waals surface area contributed by atoms with Gasteiger partial charge < -0.3 is 14.5 Å². The van der Waals surface area contributed by atoms with Gasteiger partial charge in [0, 0.05) is 49.0 Å². The standard InChI is InChI=1S/C25H33N5O3/c1-15-5-17-6-16(2)25(8-15,9-17)14-33-24(32)30-12-19-10-29(11-20(19)13-30)23(31)18-3-4-21-22(7-18)27-28-26-21/h3-4,7,15-17,19-20H,5-6,8-14H2,1-2H3,(H,26,27,28)/t15?,16?,17?,19-,20+,25?. The van der Waals surface area contributed by atoms with E-state index in [1.165, 1.54) is 25.7 Å². The molecule has 3 heterocycles. The molecule has 6 atom stereocenters. The largest absolute Gasteiger partial charge is 0.449 e. The summed E-state index contributed by atoms with van der Waals surface area (Å²) in [6.07, 6.45) is 4.84. The lowest BCUT2D eigenvalue weighted by molar-refractivity contribution is 0.0165. The Balaban J connectivity index is 1.04. The van der Waals surface area contributed by atoms with Crippen LogP contribution in [0.15, 0.2) is 18.2 Å². The van der Waals surface area contributed by atoms with Crippen LogP contribution in [-0.2, 0) is 4.74 Å². The summed E-state index contributed by atoms with van der Waals surface area (Å²) in [5, 5.41) is 10.6. The Morgan fingerprint density at radius 1 is 1.09 bits per heavy atom. The number of hydrogen-bond donors (Lipinski definition) is 1. The van der Waals surface area contributed by atoms with Crippen molar-refractivity contribution in [1.29, 1.82) is 0 Å². The van der Waals surface area contributed by atoms with Gasteiger partial charge in [0.1, 0.15) is 5.52 Å². The molecule has 6 rings (SSSR count). The minimum atomic E-state index is -0.165. The predicted octanol–water partition coefficient (Wildman–Crippen LogP) is 3.56. The summed E-state index contributed by atoms with van der Waals surface area (Å²) in [5.74, 6) is 2.84. The van der Waals surface area contributed by atoms with Gasteiger partial charge in [-0.25, -0.2) is 4.79 Å². The van der Waals surface area contributed by atoms with Gasteiger partial charge in [0.2, 0.25) is 0 Å². The Bertz CT molecular complexity index is 1070. The number of nitrogens with one attached hydrogen (secondary N) is 1. The molecule has 2 saturated heterocycles. The molecular formula is C25H33N5O3. The molecule has 1 aromatic carbocycles. The highest BCUT2D eigenvalue weighted by atomic mass is 16.6. The van der Waals surface area contributed by atoms with Crippen LogP contribution in [0.3, 0.4) is 0 Å². The van der Waals surface area contributed by atoms with Gasteiger partial charge in [-0.3, -0.25) is 9.89 Å². The monoisotopic (exact) mass is 451 g/mol. The summed E-state index contributed by atoms with van der Waals surface area (Å²) in [7, 11) is 0. The van der Waals surface area contributed by atoms with E-state index in [1.54, 1.807) is 6.07 Å². The summed E-state index contributed by atoms with van der Waals surface area (Å²) in [4.78, 5) is 29.7. The summed E-state index contributed by atoms with van der Waals surface area (Å²) in [6, 6.07) is 5.46. The number of carbonyl (C=O) groups is 2. The van der Waals surface area contributed by atoms with E-state index in [0.717, 1.165) is 17.4 Å². The molecule has 2 aliphatic heterocycles. The van der Waals surface area contributed by atoms with Crippen LogP contribution in [0.2, 0.25) is 0 Å². The quantitative estimate of drug-likeness (QED) is 0.770.